The van der Waals surface area contributed by atoms with E-state index in [0.717, 1.165) is 46.2 Å². The van der Waals surface area contributed by atoms with Crippen molar-refractivity contribution in [3.05, 3.63) is 53.1 Å². The Labute approximate surface area is 273 Å². The zero-order valence-corrected chi connectivity index (χ0v) is 27.6. The Kier molecular flexibility index (Phi) is 12.1. The van der Waals surface area contributed by atoms with Crippen LogP contribution in [-0.4, -0.2) is 109 Å². The van der Waals surface area contributed by atoms with Crippen molar-refractivity contribution in [2.75, 3.05) is 82.4 Å². The summed E-state index contributed by atoms with van der Waals surface area (Å²) in [6, 6.07) is 7.63. The van der Waals surface area contributed by atoms with Crippen molar-refractivity contribution in [3.8, 4) is 0 Å². The van der Waals surface area contributed by atoms with E-state index in [2.05, 4.69) is 16.5 Å². The molecular formula is C32H42ClN5O6S. The predicted molar refractivity (Wildman–Crippen MR) is 175 cm³/mol. The Bertz CT molecular complexity index is 1450. The van der Waals surface area contributed by atoms with E-state index < -0.39 is 5.41 Å². The molecule has 1 saturated heterocycles. The van der Waals surface area contributed by atoms with Crippen LogP contribution in [-0.2, 0) is 47.0 Å². The minimum absolute atomic E-state index is 0.0237. The fourth-order valence-corrected chi connectivity index (χ4v) is 6.59. The number of hydrogen-bond donors (Lipinski definition) is 0. The molecule has 3 aromatic rings. The maximum Gasteiger partial charge on any atom is 0.241 e. The third-order valence-electron chi connectivity index (χ3n) is 8.07. The molecule has 0 radical (unpaired) electrons. The number of rotatable bonds is 19. The highest BCUT2D eigenvalue weighted by Gasteiger charge is 2.59. The number of carbonyl (C=O) groups excluding carboxylic acids is 2. The van der Waals surface area contributed by atoms with Gasteiger partial charge < -0.3 is 33.3 Å². The van der Waals surface area contributed by atoms with Crippen molar-refractivity contribution in [3.63, 3.8) is 0 Å². The van der Waals surface area contributed by atoms with Crippen LogP contribution in [0, 0.1) is 0 Å². The van der Waals surface area contributed by atoms with Gasteiger partial charge in [-0.1, -0.05) is 18.5 Å². The number of anilines is 1. The average molecular weight is 660 g/mol. The van der Waals surface area contributed by atoms with Crippen LogP contribution in [0.3, 0.4) is 0 Å². The largest absolute Gasteiger partial charge is 0.379 e. The first kappa shape index (κ1) is 33.6. The number of hydrogen-bond acceptors (Lipinski definition) is 9. The molecule has 4 heterocycles. The predicted octanol–water partition coefficient (Wildman–Crippen LogP) is 3.94. The number of aryl methyl sites for hydroxylation is 1. The van der Waals surface area contributed by atoms with Gasteiger partial charge in [0, 0.05) is 43.2 Å². The van der Waals surface area contributed by atoms with E-state index in [0.29, 0.717) is 77.5 Å². The highest BCUT2D eigenvalue weighted by Crippen LogP contribution is 2.47. The normalized spacial score (nSPS) is 15.3. The number of amides is 2. The Hall–Kier alpha value is -2.74. The second-order valence-electron chi connectivity index (χ2n) is 10.9. The number of imidazole rings is 1. The van der Waals surface area contributed by atoms with Gasteiger partial charge in [-0.3, -0.25) is 14.6 Å². The average Bonchev–Trinajstić information content (AvgIpc) is 3.48. The van der Waals surface area contributed by atoms with Crippen molar-refractivity contribution < 1.29 is 28.5 Å². The molecule has 0 aliphatic carbocycles. The number of fused-ring (bicyclic) bond motifs is 3. The Morgan fingerprint density at radius 2 is 1.71 bits per heavy atom. The molecular weight excluding hydrogens is 618 g/mol. The van der Waals surface area contributed by atoms with E-state index in [1.165, 1.54) is 0 Å². The second kappa shape index (κ2) is 16.2. The number of carbonyl (C=O) groups is 2. The van der Waals surface area contributed by atoms with E-state index in [4.69, 9.17) is 35.5 Å². The fourth-order valence-electron chi connectivity index (χ4n) is 5.82. The summed E-state index contributed by atoms with van der Waals surface area (Å²) < 4.78 is 23.9. The first-order chi connectivity index (χ1) is 22.0. The molecule has 1 spiro atoms. The smallest absolute Gasteiger partial charge is 0.241 e. The maximum atomic E-state index is 14.1. The highest BCUT2D eigenvalue weighted by molar-refractivity contribution is 7.99. The highest BCUT2D eigenvalue weighted by atomic mass is 35.5. The lowest BCUT2D eigenvalue weighted by atomic mass is 9.74. The van der Waals surface area contributed by atoms with Crippen LogP contribution in [0.4, 0.5) is 5.69 Å². The molecule has 2 aliphatic rings. The topological polar surface area (TPSA) is 108 Å². The van der Waals surface area contributed by atoms with Crippen LogP contribution in [0.1, 0.15) is 31.7 Å². The fraction of sp³-hybridized carbons (Fsp3) is 0.562. The van der Waals surface area contributed by atoms with Crippen LogP contribution in [0.25, 0.3) is 11.0 Å². The zero-order valence-electron chi connectivity index (χ0n) is 26.0. The number of pyridine rings is 1. The summed E-state index contributed by atoms with van der Waals surface area (Å²) in [4.78, 5) is 39.8. The molecule has 2 aliphatic heterocycles. The van der Waals surface area contributed by atoms with Gasteiger partial charge in [-0.2, -0.15) is 11.8 Å². The van der Waals surface area contributed by atoms with Crippen LogP contribution in [0.15, 0.2) is 36.7 Å². The van der Waals surface area contributed by atoms with E-state index in [-0.39, 0.29) is 18.2 Å². The zero-order chi connectivity index (χ0) is 31.6. The molecule has 0 saturated carbocycles. The SMILES string of the molecule is CCOCCOCCOCCOCCC(=O)N1CC2(C1)C(=O)N(Cc1nc3cc(Cl)ccc3n1CCSCC)c1cnccc12. The summed E-state index contributed by atoms with van der Waals surface area (Å²) in [5, 5.41) is 0.625. The van der Waals surface area contributed by atoms with Gasteiger partial charge in [-0.25, -0.2) is 4.98 Å². The molecule has 1 fully saturated rings. The molecule has 45 heavy (non-hydrogen) atoms. The van der Waals surface area contributed by atoms with E-state index >= 15 is 0 Å². The molecule has 5 rings (SSSR count). The van der Waals surface area contributed by atoms with Gasteiger partial charge in [-0.15, -0.1) is 0 Å². The molecule has 2 aromatic heterocycles. The summed E-state index contributed by atoms with van der Waals surface area (Å²) >= 11 is 8.14. The molecule has 0 atom stereocenters. The van der Waals surface area contributed by atoms with Crippen molar-refractivity contribution in [1.29, 1.82) is 0 Å². The molecule has 244 valence electrons. The van der Waals surface area contributed by atoms with E-state index in [9.17, 15) is 9.59 Å². The second-order valence-corrected chi connectivity index (χ2v) is 12.7. The molecule has 0 N–H and O–H groups in total. The van der Waals surface area contributed by atoms with Gasteiger partial charge in [-0.05, 0) is 42.5 Å². The summed E-state index contributed by atoms with van der Waals surface area (Å²) in [5.74, 6) is 2.71. The Morgan fingerprint density at radius 1 is 1.00 bits per heavy atom. The van der Waals surface area contributed by atoms with E-state index in [1.54, 1.807) is 22.2 Å². The minimum atomic E-state index is -0.772. The lowest BCUT2D eigenvalue weighted by Crippen LogP contribution is -2.65. The number of nitrogens with zero attached hydrogens (tertiary/aromatic N) is 5. The molecule has 0 bridgehead atoms. The van der Waals surface area contributed by atoms with Crippen LogP contribution in [0.5, 0.6) is 0 Å². The molecule has 2 amide bonds. The number of aromatic nitrogens is 3. The first-order valence-corrected chi connectivity index (χ1v) is 17.1. The number of halogens is 1. The van der Waals surface area contributed by atoms with Gasteiger partial charge in [0.2, 0.25) is 11.8 Å². The standard InChI is InChI=1S/C32H42ClN5O6S/c1-3-41-12-13-43-16-17-44-15-14-42-11-8-30(39)36-22-32(23-36)25-7-9-34-20-28(25)38(31(32)40)21-29-35-26-19-24(33)5-6-27(26)37(29)10-18-45-4-2/h5-7,9,19-20H,3-4,8,10-18,21-23H2,1-2H3. The van der Waals surface area contributed by atoms with Gasteiger partial charge in [0.25, 0.3) is 0 Å². The lowest BCUT2D eigenvalue weighted by molar-refractivity contribution is -0.145. The van der Waals surface area contributed by atoms with Crippen molar-refractivity contribution >= 4 is 51.9 Å². The number of likely N-dealkylation sites (tertiary alicyclic amines) is 1. The van der Waals surface area contributed by atoms with Gasteiger partial charge in [0.05, 0.1) is 82.1 Å². The maximum absolute atomic E-state index is 14.1. The van der Waals surface area contributed by atoms with E-state index in [1.807, 2.05) is 43.0 Å². The summed E-state index contributed by atoms with van der Waals surface area (Å²) in [7, 11) is 0. The molecule has 11 nitrogen and oxygen atoms in total. The Balaban J connectivity index is 1.14. The third-order valence-corrected chi connectivity index (χ3v) is 9.18. The van der Waals surface area contributed by atoms with Crippen LogP contribution in [0.2, 0.25) is 5.02 Å². The number of thioether (sulfide) groups is 1. The first-order valence-electron chi connectivity index (χ1n) is 15.6. The van der Waals surface area contributed by atoms with Crippen molar-refractivity contribution in [2.45, 2.75) is 38.8 Å². The summed E-state index contributed by atoms with van der Waals surface area (Å²) in [5.41, 5.74) is 2.72. The van der Waals surface area contributed by atoms with Gasteiger partial charge in [0.15, 0.2) is 0 Å². The van der Waals surface area contributed by atoms with Gasteiger partial charge >= 0.3 is 0 Å². The molecule has 1 aromatic carbocycles. The quantitative estimate of drug-likeness (QED) is 0.177. The van der Waals surface area contributed by atoms with Crippen molar-refractivity contribution in [1.82, 2.24) is 19.4 Å². The monoisotopic (exact) mass is 659 g/mol. The Morgan fingerprint density at radius 3 is 2.42 bits per heavy atom. The number of benzene rings is 1. The lowest BCUT2D eigenvalue weighted by Gasteiger charge is -2.46. The van der Waals surface area contributed by atoms with Crippen LogP contribution >= 0.6 is 23.4 Å². The molecule has 0 unspecified atom stereocenters. The summed E-state index contributed by atoms with van der Waals surface area (Å²) in [6.45, 7) is 9.79. The van der Waals surface area contributed by atoms with Gasteiger partial charge in [0.1, 0.15) is 11.2 Å². The van der Waals surface area contributed by atoms with Crippen LogP contribution < -0.4 is 4.90 Å². The number of ether oxygens (including phenoxy) is 4. The third kappa shape index (κ3) is 7.81. The molecule has 13 heteroatoms. The van der Waals surface area contributed by atoms with Crippen molar-refractivity contribution in [2.24, 2.45) is 0 Å². The summed E-state index contributed by atoms with van der Waals surface area (Å²) in [6.07, 6.45) is 3.70. The minimum Gasteiger partial charge on any atom is -0.379 e.